The van der Waals surface area contributed by atoms with Crippen molar-refractivity contribution in [2.24, 2.45) is 0 Å². The van der Waals surface area contributed by atoms with Crippen molar-refractivity contribution >= 4 is 28.3 Å². The molecule has 0 radical (unpaired) electrons. The second-order valence-electron chi connectivity index (χ2n) is 5.76. The van der Waals surface area contributed by atoms with E-state index in [9.17, 15) is 9.59 Å². The van der Waals surface area contributed by atoms with Crippen molar-refractivity contribution in [2.45, 2.75) is 53.4 Å². The van der Waals surface area contributed by atoms with Crippen molar-refractivity contribution in [3.63, 3.8) is 0 Å². The van der Waals surface area contributed by atoms with E-state index < -0.39 is 5.97 Å². The molecular weight excluding hydrogens is 340 g/mol. The maximum atomic E-state index is 12.5. The molecule has 2 heterocycles. The summed E-state index contributed by atoms with van der Waals surface area (Å²) in [5.41, 5.74) is 1.92. The lowest BCUT2D eigenvalue weighted by Gasteiger charge is -2.03. The highest BCUT2D eigenvalue weighted by molar-refractivity contribution is 7.15. The van der Waals surface area contributed by atoms with Crippen LogP contribution in [0.2, 0.25) is 0 Å². The van der Waals surface area contributed by atoms with Crippen molar-refractivity contribution in [3.05, 3.63) is 27.5 Å². The fourth-order valence-corrected chi connectivity index (χ4v) is 3.35. The number of carbonyl (C=O) groups is 2. The molecule has 0 aliphatic rings. The Hall–Kier alpha value is -2.22. The smallest absolute Gasteiger partial charge is 0.340 e. The minimum Gasteiger partial charge on any atom is -0.462 e. The van der Waals surface area contributed by atoms with Crippen LogP contribution in [0.4, 0.5) is 5.13 Å². The Balaban J connectivity index is 2.09. The third kappa shape index (κ3) is 4.66. The molecular formula is C17H24N4O3S. The van der Waals surface area contributed by atoms with Gasteiger partial charge in [-0.05, 0) is 32.8 Å². The van der Waals surface area contributed by atoms with Gasteiger partial charge >= 0.3 is 5.97 Å². The molecule has 8 heteroatoms. The number of nitrogens with zero attached hydrogens (tertiary/aromatic N) is 2. The molecule has 0 saturated heterocycles. The summed E-state index contributed by atoms with van der Waals surface area (Å²) in [6, 6.07) is 0. The van der Waals surface area contributed by atoms with E-state index in [1.54, 1.807) is 20.8 Å². The summed E-state index contributed by atoms with van der Waals surface area (Å²) < 4.78 is 5.04. The first-order chi connectivity index (χ1) is 12.0. The number of amides is 1. The fraction of sp³-hybridized carbons (Fsp3) is 0.529. The second-order valence-corrected chi connectivity index (χ2v) is 6.82. The minimum absolute atomic E-state index is 0.288. The second kappa shape index (κ2) is 8.75. The van der Waals surface area contributed by atoms with Gasteiger partial charge < -0.3 is 9.72 Å². The van der Waals surface area contributed by atoms with Crippen LogP contribution in [0.15, 0.2) is 0 Å². The zero-order valence-corrected chi connectivity index (χ0v) is 15.9. The molecule has 2 aromatic rings. The SMILES string of the molecule is CCCCCc1nnc(NC(=O)c2[nH]c(C)c(C(=O)OCC)c2C)s1. The van der Waals surface area contributed by atoms with Crippen LogP contribution in [0, 0.1) is 13.8 Å². The van der Waals surface area contributed by atoms with Gasteiger partial charge in [-0.25, -0.2) is 4.79 Å². The molecule has 2 rings (SSSR count). The molecule has 0 spiro atoms. The molecule has 0 aliphatic carbocycles. The van der Waals surface area contributed by atoms with Crippen molar-refractivity contribution in [2.75, 3.05) is 11.9 Å². The number of carbonyl (C=O) groups excluding carboxylic acids is 2. The molecule has 0 unspecified atom stereocenters. The zero-order chi connectivity index (χ0) is 18.4. The average Bonchev–Trinajstić information content (AvgIpc) is 3.12. The zero-order valence-electron chi connectivity index (χ0n) is 15.1. The van der Waals surface area contributed by atoms with Crippen LogP contribution < -0.4 is 5.32 Å². The van der Waals surface area contributed by atoms with E-state index in [2.05, 4.69) is 27.4 Å². The summed E-state index contributed by atoms with van der Waals surface area (Å²) >= 11 is 1.38. The van der Waals surface area contributed by atoms with Gasteiger partial charge in [0.05, 0.1) is 12.2 Å². The first kappa shape index (κ1) is 19.1. The van der Waals surface area contributed by atoms with Crippen molar-refractivity contribution < 1.29 is 14.3 Å². The predicted molar refractivity (Wildman–Crippen MR) is 97.3 cm³/mol. The number of anilines is 1. The van der Waals surface area contributed by atoms with E-state index in [0.717, 1.165) is 30.7 Å². The Morgan fingerprint density at radius 3 is 2.64 bits per heavy atom. The number of rotatable bonds is 8. The highest BCUT2D eigenvalue weighted by atomic mass is 32.1. The maximum absolute atomic E-state index is 12.5. The number of aromatic nitrogens is 3. The Bertz CT molecular complexity index is 751. The maximum Gasteiger partial charge on any atom is 0.340 e. The molecule has 0 fully saturated rings. The van der Waals surface area contributed by atoms with Crippen LogP contribution >= 0.6 is 11.3 Å². The Morgan fingerprint density at radius 2 is 1.96 bits per heavy atom. The first-order valence-electron chi connectivity index (χ1n) is 8.47. The van der Waals surface area contributed by atoms with Crippen LogP contribution in [-0.4, -0.2) is 33.7 Å². The molecule has 7 nitrogen and oxygen atoms in total. The highest BCUT2D eigenvalue weighted by Crippen LogP contribution is 2.22. The highest BCUT2D eigenvalue weighted by Gasteiger charge is 2.23. The van der Waals surface area contributed by atoms with Gasteiger partial charge in [0.15, 0.2) is 0 Å². The number of hydrogen-bond donors (Lipinski definition) is 2. The van der Waals surface area contributed by atoms with Gasteiger partial charge in [-0.1, -0.05) is 31.1 Å². The molecule has 1 amide bonds. The van der Waals surface area contributed by atoms with Gasteiger partial charge in [0, 0.05) is 12.1 Å². The van der Waals surface area contributed by atoms with Gasteiger partial charge in [-0.15, -0.1) is 10.2 Å². The lowest BCUT2D eigenvalue weighted by molar-refractivity contribution is 0.0525. The molecule has 136 valence electrons. The van der Waals surface area contributed by atoms with Crippen molar-refractivity contribution in [1.29, 1.82) is 0 Å². The summed E-state index contributed by atoms with van der Waals surface area (Å²) in [7, 11) is 0. The molecule has 0 aromatic carbocycles. The number of aromatic amines is 1. The van der Waals surface area contributed by atoms with Crippen LogP contribution in [0.25, 0.3) is 0 Å². The summed E-state index contributed by atoms with van der Waals surface area (Å²) in [5, 5.41) is 12.2. The van der Waals surface area contributed by atoms with E-state index >= 15 is 0 Å². The van der Waals surface area contributed by atoms with Crippen LogP contribution in [0.3, 0.4) is 0 Å². The third-order valence-corrected chi connectivity index (χ3v) is 4.72. The number of nitrogens with one attached hydrogen (secondary N) is 2. The van der Waals surface area contributed by atoms with Crippen LogP contribution in [0.5, 0.6) is 0 Å². The molecule has 0 bridgehead atoms. The summed E-state index contributed by atoms with van der Waals surface area (Å²) in [6.07, 6.45) is 4.24. The van der Waals surface area contributed by atoms with E-state index in [4.69, 9.17) is 4.74 Å². The number of ether oxygens (including phenoxy) is 1. The molecule has 0 atom stereocenters. The van der Waals surface area contributed by atoms with Crippen molar-refractivity contribution in [3.8, 4) is 0 Å². The van der Waals surface area contributed by atoms with Crippen LogP contribution in [0.1, 0.15) is 70.2 Å². The first-order valence-corrected chi connectivity index (χ1v) is 9.29. The van der Waals surface area contributed by atoms with Crippen LogP contribution in [-0.2, 0) is 11.2 Å². The molecule has 2 aromatic heterocycles. The summed E-state index contributed by atoms with van der Waals surface area (Å²) in [5.74, 6) is -0.769. The van der Waals surface area contributed by atoms with E-state index in [1.807, 2.05) is 0 Å². The standard InChI is InChI=1S/C17H24N4O3S/c1-5-7-8-9-12-20-21-17(25-12)19-15(22)14-10(3)13(11(4)18-14)16(23)24-6-2/h18H,5-9H2,1-4H3,(H,19,21,22). The monoisotopic (exact) mass is 364 g/mol. The normalized spacial score (nSPS) is 10.7. The minimum atomic E-state index is -0.429. The van der Waals surface area contributed by atoms with Gasteiger partial charge in [0.25, 0.3) is 5.91 Å². The number of unbranched alkanes of at least 4 members (excludes halogenated alkanes) is 2. The summed E-state index contributed by atoms with van der Waals surface area (Å²) in [4.78, 5) is 27.5. The quantitative estimate of drug-likeness (QED) is 0.550. The Labute approximate surface area is 151 Å². The molecule has 25 heavy (non-hydrogen) atoms. The summed E-state index contributed by atoms with van der Waals surface area (Å²) in [6.45, 7) is 7.65. The van der Waals surface area contributed by atoms with E-state index in [-0.39, 0.29) is 12.5 Å². The third-order valence-electron chi connectivity index (χ3n) is 3.83. The lowest BCUT2D eigenvalue weighted by Crippen LogP contribution is -2.14. The van der Waals surface area contributed by atoms with Gasteiger partial charge in [0.1, 0.15) is 10.7 Å². The Morgan fingerprint density at radius 1 is 1.20 bits per heavy atom. The van der Waals surface area contributed by atoms with Gasteiger partial charge in [0.2, 0.25) is 5.13 Å². The predicted octanol–water partition coefficient (Wildman–Crippen LogP) is 3.64. The van der Waals surface area contributed by atoms with Gasteiger partial charge in [-0.2, -0.15) is 0 Å². The number of H-pyrrole nitrogens is 1. The molecule has 0 aliphatic heterocycles. The Kier molecular flexibility index (Phi) is 6.69. The van der Waals surface area contributed by atoms with E-state index in [0.29, 0.717) is 27.6 Å². The fourth-order valence-electron chi connectivity index (χ4n) is 2.58. The number of hydrogen-bond acceptors (Lipinski definition) is 6. The van der Waals surface area contributed by atoms with Crippen molar-refractivity contribution in [1.82, 2.24) is 15.2 Å². The number of esters is 1. The topological polar surface area (TPSA) is 97.0 Å². The average molecular weight is 364 g/mol. The molecule has 0 saturated carbocycles. The van der Waals surface area contributed by atoms with E-state index in [1.165, 1.54) is 11.3 Å². The van der Waals surface area contributed by atoms with Gasteiger partial charge in [-0.3, -0.25) is 10.1 Å². The lowest BCUT2D eigenvalue weighted by atomic mass is 10.1. The molecule has 2 N–H and O–H groups in total. The largest absolute Gasteiger partial charge is 0.462 e. The number of aryl methyl sites for hydroxylation is 2.